The van der Waals surface area contributed by atoms with E-state index < -0.39 is 0 Å². The van der Waals surface area contributed by atoms with Crippen molar-refractivity contribution in [3.05, 3.63) is 58.3 Å². The maximum Gasteiger partial charge on any atom is 0.123 e. The second kappa shape index (κ2) is 5.13. The minimum atomic E-state index is -0.244. The Hall–Kier alpha value is -2.07. The molecule has 3 aromatic rings. The van der Waals surface area contributed by atoms with Crippen molar-refractivity contribution in [3.63, 3.8) is 0 Å². The second-order valence-electron chi connectivity index (χ2n) is 4.64. The first kappa shape index (κ1) is 12.9. The van der Waals surface area contributed by atoms with Gasteiger partial charge in [0, 0.05) is 22.7 Å². The monoisotopic (exact) mass is 284 g/mol. The van der Waals surface area contributed by atoms with Gasteiger partial charge in [0.1, 0.15) is 5.82 Å². The zero-order chi connectivity index (χ0) is 14.1. The quantitative estimate of drug-likeness (QED) is 0.685. The molecule has 0 fully saturated rings. The molecule has 2 nitrogen and oxygen atoms in total. The van der Waals surface area contributed by atoms with Crippen LogP contribution in [-0.2, 0) is 0 Å². The van der Waals surface area contributed by atoms with Crippen LogP contribution in [0.25, 0.3) is 22.5 Å². The van der Waals surface area contributed by atoms with Crippen LogP contribution in [0.4, 0.5) is 4.39 Å². The van der Waals surface area contributed by atoms with E-state index in [1.165, 1.54) is 12.1 Å². The van der Waals surface area contributed by atoms with Gasteiger partial charge in [0.05, 0.1) is 16.4 Å². The first-order valence-electron chi connectivity index (χ1n) is 6.28. The molecule has 0 radical (unpaired) electrons. The molecular weight excluding hydrogens is 271 g/mol. The average molecular weight is 284 g/mol. The van der Waals surface area contributed by atoms with E-state index in [1.54, 1.807) is 23.6 Å². The van der Waals surface area contributed by atoms with E-state index in [9.17, 15) is 4.39 Å². The molecule has 0 atom stereocenters. The van der Waals surface area contributed by atoms with Crippen molar-refractivity contribution >= 4 is 11.3 Å². The molecule has 0 bridgehead atoms. The van der Waals surface area contributed by atoms with Crippen molar-refractivity contribution in [1.82, 2.24) is 9.97 Å². The van der Waals surface area contributed by atoms with Gasteiger partial charge in [-0.05, 0) is 43.7 Å². The van der Waals surface area contributed by atoms with Crippen LogP contribution in [0.2, 0.25) is 0 Å². The fourth-order valence-corrected chi connectivity index (χ4v) is 2.69. The van der Waals surface area contributed by atoms with Gasteiger partial charge >= 0.3 is 0 Å². The zero-order valence-corrected chi connectivity index (χ0v) is 12.0. The third kappa shape index (κ3) is 2.47. The summed E-state index contributed by atoms with van der Waals surface area (Å²) in [5.41, 5.74) is 4.52. The molecule has 3 rings (SSSR count). The smallest absolute Gasteiger partial charge is 0.123 e. The summed E-state index contributed by atoms with van der Waals surface area (Å²) in [5.74, 6) is -0.244. The molecule has 4 heteroatoms. The summed E-state index contributed by atoms with van der Waals surface area (Å²) >= 11 is 1.62. The molecule has 0 spiro atoms. The van der Waals surface area contributed by atoms with Crippen molar-refractivity contribution in [2.45, 2.75) is 13.8 Å². The Labute approximate surface area is 121 Å². The SMILES string of the molecule is Cc1nc(-c2ccc(-c3cc(F)ccc3C)nc2)cs1. The van der Waals surface area contributed by atoms with Gasteiger partial charge < -0.3 is 0 Å². The van der Waals surface area contributed by atoms with Gasteiger partial charge in [-0.3, -0.25) is 4.98 Å². The summed E-state index contributed by atoms with van der Waals surface area (Å²) < 4.78 is 13.3. The van der Waals surface area contributed by atoms with Gasteiger partial charge in [-0.2, -0.15) is 0 Å². The van der Waals surface area contributed by atoms with Crippen molar-refractivity contribution in [2.24, 2.45) is 0 Å². The lowest BCUT2D eigenvalue weighted by Crippen LogP contribution is -1.89. The summed E-state index contributed by atoms with van der Waals surface area (Å²) in [6.45, 7) is 3.93. The third-order valence-corrected chi connectivity index (χ3v) is 3.93. The minimum absolute atomic E-state index is 0.244. The maximum atomic E-state index is 13.3. The Morgan fingerprint density at radius 1 is 1.05 bits per heavy atom. The summed E-state index contributed by atoms with van der Waals surface area (Å²) in [5, 5.41) is 3.05. The highest BCUT2D eigenvalue weighted by Gasteiger charge is 2.07. The van der Waals surface area contributed by atoms with E-state index in [0.29, 0.717) is 0 Å². The van der Waals surface area contributed by atoms with Crippen LogP contribution in [0.5, 0.6) is 0 Å². The summed E-state index contributed by atoms with van der Waals surface area (Å²) in [4.78, 5) is 8.87. The summed E-state index contributed by atoms with van der Waals surface area (Å²) in [7, 11) is 0. The van der Waals surface area contributed by atoms with E-state index >= 15 is 0 Å². The number of pyridine rings is 1. The van der Waals surface area contributed by atoms with Crippen LogP contribution in [0.15, 0.2) is 41.9 Å². The standard InChI is InChI=1S/C16H13FN2S/c1-10-3-5-13(17)7-14(10)15-6-4-12(8-18-15)16-9-20-11(2)19-16/h3-9H,1-2H3. The molecule has 2 heterocycles. The molecule has 0 aliphatic rings. The number of hydrogen-bond donors (Lipinski definition) is 0. The Morgan fingerprint density at radius 3 is 2.55 bits per heavy atom. The molecule has 0 saturated heterocycles. The van der Waals surface area contributed by atoms with Gasteiger partial charge in [-0.15, -0.1) is 11.3 Å². The molecule has 0 aliphatic heterocycles. The number of nitrogens with zero attached hydrogens (tertiary/aromatic N) is 2. The van der Waals surface area contributed by atoms with Gasteiger partial charge in [0.15, 0.2) is 0 Å². The number of benzene rings is 1. The maximum absolute atomic E-state index is 13.3. The number of thiazole rings is 1. The predicted octanol–water partition coefficient (Wildman–Crippen LogP) is 4.63. The van der Waals surface area contributed by atoms with Crippen LogP contribution in [0.1, 0.15) is 10.6 Å². The summed E-state index contributed by atoms with van der Waals surface area (Å²) in [6.07, 6.45) is 1.79. The highest BCUT2D eigenvalue weighted by molar-refractivity contribution is 7.09. The normalized spacial score (nSPS) is 10.8. The van der Waals surface area contributed by atoms with E-state index in [-0.39, 0.29) is 5.82 Å². The number of halogens is 1. The Balaban J connectivity index is 1.99. The lowest BCUT2D eigenvalue weighted by molar-refractivity contribution is 0.628. The van der Waals surface area contributed by atoms with Gasteiger partial charge in [-0.25, -0.2) is 9.37 Å². The molecule has 20 heavy (non-hydrogen) atoms. The lowest BCUT2D eigenvalue weighted by Gasteiger charge is -2.06. The third-order valence-electron chi connectivity index (χ3n) is 3.15. The number of aromatic nitrogens is 2. The molecule has 2 aromatic heterocycles. The van der Waals surface area contributed by atoms with Gasteiger partial charge in [0.2, 0.25) is 0 Å². The Morgan fingerprint density at radius 2 is 1.90 bits per heavy atom. The topological polar surface area (TPSA) is 25.8 Å². The first-order valence-corrected chi connectivity index (χ1v) is 7.16. The molecular formula is C16H13FN2S. The van der Waals surface area contributed by atoms with Gasteiger partial charge in [0.25, 0.3) is 0 Å². The largest absolute Gasteiger partial charge is 0.256 e. The first-order chi connectivity index (χ1) is 9.63. The Bertz CT molecular complexity index is 747. The minimum Gasteiger partial charge on any atom is -0.256 e. The molecule has 0 unspecified atom stereocenters. The highest BCUT2D eigenvalue weighted by Crippen LogP contribution is 2.26. The van der Waals surface area contributed by atoms with E-state index in [0.717, 1.165) is 33.1 Å². The lowest BCUT2D eigenvalue weighted by atomic mass is 10.0. The van der Waals surface area contributed by atoms with Crippen LogP contribution >= 0.6 is 11.3 Å². The number of aryl methyl sites for hydroxylation is 2. The molecule has 0 aliphatic carbocycles. The number of rotatable bonds is 2. The zero-order valence-electron chi connectivity index (χ0n) is 11.2. The molecule has 0 amide bonds. The van der Waals surface area contributed by atoms with E-state index in [4.69, 9.17) is 0 Å². The van der Waals surface area contributed by atoms with Crippen molar-refractivity contribution < 1.29 is 4.39 Å². The van der Waals surface area contributed by atoms with Crippen LogP contribution in [-0.4, -0.2) is 9.97 Å². The average Bonchev–Trinajstić information content (AvgIpc) is 2.88. The van der Waals surface area contributed by atoms with Gasteiger partial charge in [-0.1, -0.05) is 6.07 Å². The van der Waals surface area contributed by atoms with Crippen molar-refractivity contribution in [1.29, 1.82) is 0 Å². The van der Waals surface area contributed by atoms with Crippen LogP contribution in [0, 0.1) is 19.7 Å². The fraction of sp³-hybridized carbons (Fsp3) is 0.125. The predicted molar refractivity (Wildman–Crippen MR) is 80.2 cm³/mol. The van der Waals surface area contributed by atoms with Crippen molar-refractivity contribution in [3.8, 4) is 22.5 Å². The second-order valence-corrected chi connectivity index (χ2v) is 5.71. The fourth-order valence-electron chi connectivity index (χ4n) is 2.07. The molecule has 0 saturated carbocycles. The Kier molecular flexibility index (Phi) is 3.32. The van der Waals surface area contributed by atoms with Crippen LogP contribution < -0.4 is 0 Å². The molecule has 1 aromatic carbocycles. The van der Waals surface area contributed by atoms with E-state index in [2.05, 4.69) is 9.97 Å². The number of hydrogen-bond acceptors (Lipinski definition) is 3. The molecule has 100 valence electrons. The highest BCUT2D eigenvalue weighted by atomic mass is 32.1. The van der Waals surface area contributed by atoms with E-state index in [1.807, 2.05) is 31.4 Å². The summed E-state index contributed by atoms with van der Waals surface area (Å²) in [6, 6.07) is 8.63. The molecule has 0 N–H and O–H groups in total. The van der Waals surface area contributed by atoms with Crippen molar-refractivity contribution in [2.75, 3.05) is 0 Å². The van der Waals surface area contributed by atoms with Crippen LogP contribution in [0.3, 0.4) is 0 Å².